The summed E-state index contributed by atoms with van der Waals surface area (Å²) in [5.74, 6) is 0.395. The minimum absolute atomic E-state index is 0.0108. The van der Waals surface area contributed by atoms with Crippen LogP contribution in [0.1, 0.15) is 53.4 Å². The molecular formula is C16H28N2O3. The number of rotatable bonds is 6. The van der Waals surface area contributed by atoms with E-state index in [4.69, 9.17) is 4.74 Å². The molecule has 0 radical (unpaired) electrons. The zero-order valence-electron chi connectivity index (χ0n) is 13.9. The second-order valence-corrected chi connectivity index (χ2v) is 7.17. The molecule has 0 spiro atoms. The topological polar surface area (TPSA) is 58.6 Å². The summed E-state index contributed by atoms with van der Waals surface area (Å²) in [6.45, 7) is 8.35. The Morgan fingerprint density at radius 1 is 1.38 bits per heavy atom. The molecule has 2 atom stereocenters. The van der Waals surface area contributed by atoms with Crippen LogP contribution < -0.4 is 5.32 Å². The molecule has 120 valence electrons. The summed E-state index contributed by atoms with van der Waals surface area (Å²) in [7, 11) is 1.68. The maximum Gasteiger partial charge on any atom is 0.248 e. The lowest BCUT2D eigenvalue weighted by molar-refractivity contribution is -0.156. The number of amides is 2. The molecule has 0 bridgehead atoms. The van der Waals surface area contributed by atoms with Gasteiger partial charge in [0, 0.05) is 13.7 Å². The Morgan fingerprint density at radius 2 is 2.00 bits per heavy atom. The van der Waals surface area contributed by atoms with Crippen LogP contribution in [0.3, 0.4) is 0 Å². The lowest BCUT2D eigenvalue weighted by Crippen LogP contribution is -2.69. The Labute approximate surface area is 127 Å². The number of ether oxygens (including phenoxy) is 1. The molecule has 2 unspecified atom stereocenters. The smallest absolute Gasteiger partial charge is 0.248 e. The third-order valence-electron chi connectivity index (χ3n) is 5.02. The number of nitrogens with one attached hydrogen (secondary N) is 1. The van der Waals surface area contributed by atoms with E-state index in [1.807, 2.05) is 27.7 Å². The Kier molecular flexibility index (Phi) is 4.34. The first-order valence-corrected chi connectivity index (χ1v) is 7.92. The van der Waals surface area contributed by atoms with E-state index in [0.717, 1.165) is 19.3 Å². The zero-order valence-corrected chi connectivity index (χ0v) is 13.9. The fraction of sp³-hybridized carbons (Fsp3) is 0.875. The van der Waals surface area contributed by atoms with Gasteiger partial charge in [-0.05, 0) is 52.4 Å². The maximum atomic E-state index is 12.8. The summed E-state index contributed by atoms with van der Waals surface area (Å²) in [6.07, 6.45) is 3.42. The van der Waals surface area contributed by atoms with Gasteiger partial charge in [0.05, 0.1) is 5.60 Å². The molecule has 5 nitrogen and oxygen atoms in total. The van der Waals surface area contributed by atoms with Crippen LogP contribution in [0.15, 0.2) is 0 Å². The van der Waals surface area contributed by atoms with E-state index in [9.17, 15) is 9.59 Å². The highest BCUT2D eigenvalue weighted by molar-refractivity contribution is 5.99. The summed E-state index contributed by atoms with van der Waals surface area (Å²) in [6, 6.07) is -0.287. The van der Waals surface area contributed by atoms with Gasteiger partial charge in [0.25, 0.3) is 0 Å². The van der Waals surface area contributed by atoms with Gasteiger partial charge in [0.2, 0.25) is 11.8 Å². The second-order valence-electron chi connectivity index (χ2n) is 7.17. The van der Waals surface area contributed by atoms with Gasteiger partial charge in [-0.25, -0.2) is 0 Å². The van der Waals surface area contributed by atoms with Crippen LogP contribution in [0.25, 0.3) is 0 Å². The van der Waals surface area contributed by atoms with Gasteiger partial charge >= 0.3 is 0 Å². The molecule has 2 fully saturated rings. The lowest BCUT2D eigenvalue weighted by atomic mass is 9.89. The van der Waals surface area contributed by atoms with Crippen LogP contribution in [0.5, 0.6) is 0 Å². The average Bonchev–Trinajstić information content (AvgIpc) is 3.25. The molecule has 0 aromatic carbocycles. The van der Waals surface area contributed by atoms with Crippen molar-refractivity contribution >= 4 is 11.8 Å². The van der Waals surface area contributed by atoms with Gasteiger partial charge in [-0.15, -0.1) is 0 Å². The summed E-state index contributed by atoms with van der Waals surface area (Å²) in [5.41, 5.74) is -1.05. The van der Waals surface area contributed by atoms with Crippen molar-refractivity contribution in [2.75, 3.05) is 13.7 Å². The van der Waals surface area contributed by atoms with Gasteiger partial charge in [0.1, 0.15) is 11.6 Å². The maximum absolute atomic E-state index is 12.8. The van der Waals surface area contributed by atoms with Crippen molar-refractivity contribution in [3.05, 3.63) is 0 Å². The number of methoxy groups -OCH3 is 1. The summed E-state index contributed by atoms with van der Waals surface area (Å²) < 4.78 is 5.44. The molecule has 21 heavy (non-hydrogen) atoms. The third kappa shape index (κ3) is 3.23. The fourth-order valence-corrected chi connectivity index (χ4v) is 2.84. The molecule has 1 heterocycles. The third-order valence-corrected chi connectivity index (χ3v) is 5.02. The number of nitrogens with zero attached hydrogens (tertiary/aromatic N) is 1. The van der Waals surface area contributed by atoms with E-state index < -0.39 is 5.54 Å². The van der Waals surface area contributed by atoms with Crippen LogP contribution in [0, 0.1) is 5.92 Å². The monoisotopic (exact) mass is 296 g/mol. The molecule has 0 aromatic rings. The van der Waals surface area contributed by atoms with Crippen molar-refractivity contribution in [1.29, 1.82) is 0 Å². The Hall–Kier alpha value is -1.10. The average molecular weight is 296 g/mol. The molecule has 2 aliphatic rings. The second kappa shape index (κ2) is 5.59. The van der Waals surface area contributed by atoms with Crippen molar-refractivity contribution in [3.8, 4) is 0 Å². The van der Waals surface area contributed by atoms with E-state index in [-0.39, 0.29) is 23.5 Å². The van der Waals surface area contributed by atoms with Crippen LogP contribution in [0.4, 0.5) is 0 Å². The number of piperazine rings is 1. The number of carbonyl (C=O) groups excluding carboxylic acids is 2. The first-order chi connectivity index (χ1) is 9.74. The highest BCUT2D eigenvalue weighted by atomic mass is 16.5. The van der Waals surface area contributed by atoms with E-state index in [1.54, 1.807) is 12.0 Å². The van der Waals surface area contributed by atoms with Crippen molar-refractivity contribution < 1.29 is 14.3 Å². The SMILES string of the molecule is CCC1(C)NC(=O)C(C2CC2)N(CCC(C)(C)OC)C1=O. The molecular weight excluding hydrogens is 268 g/mol. The highest BCUT2D eigenvalue weighted by Crippen LogP contribution is 2.39. The Bertz CT molecular complexity index is 431. The van der Waals surface area contributed by atoms with Crippen molar-refractivity contribution in [1.82, 2.24) is 10.2 Å². The largest absolute Gasteiger partial charge is 0.379 e. The molecule has 5 heteroatoms. The summed E-state index contributed by atoms with van der Waals surface area (Å²) in [4.78, 5) is 27.1. The lowest BCUT2D eigenvalue weighted by Gasteiger charge is -2.45. The molecule has 2 amide bonds. The first kappa shape index (κ1) is 16.3. The normalized spacial score (nSPS) is 30.5. The van der Waals surface area contributed by atoms with Crippen molar-refractivity contribution in [3.63, 3.8) is 0 Å². The van der Waals surface area contributed by atoms with Gasteiger partial charge in [0.15, 0.2) is 0 Å². The first-order valence-electron chi connectivity index (χ1n) is 7.92. The van der Waals surface area contributed by atoms with E-state index in [1.165, 1.54) is 0 Å². The highest BCUT2D eigenvalue weighted by Gasteiger charge is 2.51. The molecule has 1 saturated carbocycles. The predicted octanol–water partition coefficient (Wildman–Crippen LogP) is 1.71. The van der Waals surface area contributed by atoms with Crippen molar-refractivity contribution in [2.45, 2.75) is 70.6 Å². The van der Waals surface area contributed by atoms with Crippen LogP contribution >= 0.6 is 0 Å². The molecule has 0 aromatic heterocycles. The van der Waals surface area contributed by atoms with E-state index in [2.05, 4.69) is 5.32 Å². The zero-order chi connectivity index (χ0) is 15.8. The molecule has 1 N–H and O–H groups in total. The number of carbonyl (C=O) groups is 2. The van der Waals surface area contributed by atoms with Crippen LogP contribution in [0.2, 0.25) is 0 Å². The van der Waals surface area contributed by atoms with Gasteiger partial charge in [-0.1, -0.05) is 6.92 Å². The minimum atomic E-state index is -0.764. The fourth-order valence-electron chi connectivity index (χ4n) is 2.84. The quantitative estimate of drug-likeness (QED) is 0.812. The molecule has 1 aliphatic heterocycles. The predicted molar refractivity (Wildman–Crippen MR) is 80.8 cm³/mol. The van der Waals surface area contributed by atoms with Crippen LogP contribution in [-0.2, 0) is 14.3 Å². The standard InChI is InChI=1S/C16H28N2O3/c1-6-16(4)14(20)18(10-9-15(2,3)21-5)12(11-7-8-11)13(19)17-16/h11-12H,6-10H2,1-5H3,(H,17,19). The molecule has 1 aliphatic carbocycles. The van der Waals surface area contributed by atoms with Gasteiger partial charge in [-0.3, -0.25) is 9.59 Å². The minimum Gasteiger partial charge on any atom is -0.379 e. The molecule has 1 saturated heterocycles. The molecule has 2 rings (SSSR count). The van der Waals surface area contributed by atoms with Gasteiger partial charge in [-0.2, -0.15) is 0 Å². The number of hydrogen-bond donors (Lipinski definition) is 1. The summed E-state index contributed by atoms with van der Waals surface area (Å²) in [5, 5.41) is 2.94. The number of hydrogen-bond acceptors (Lipinski definition) is 3. The van der Waals surface area contributed by atoms with Gasteiger partial charge < -0.3 is 15.0 Å². The Balaban J connectivity index is 2.18. The summed E-state index contributed by atoms with van der Waals surface area (Å²) >= 11 is 0. The van der Waals surface area contributed by atoms with Crippen LogP contribution in [-0.4, -0.2) is 47.6 Å². The van der Waals surface area contributed by atoms with E-state index >= 15 is 0 Å². The van der Waals surface area contributed by atoms with E-state index in [0.29, 0.717) is 18.9 Å². The van der Waals surface area contributed by atoms with Crippen molar-refractivity contribution in [2.24, 2.45) is 5.92 Å². The Morgan fingerprint density at radius 3 is 2.48 bits per heavy atom.